The van der Waals surface area contributed by atoms with Crippen molar-refractivity contribution >= 4 is 32.4 Å². The standard InChI is InChI=1S/C16H17F3IN3O2S/c1-26(24,25)15-22-14(20)13-12(21-8-9-23(13)15)7-4-10-2-5-11(6-3-10)16(17,18)19/h2-3,5-6,12,21H,4,7-9H2,1H3. The van der Waals surface area contributed by atoms with Gasteiger partial charge in [0.2, 0.25) is 15.0 Å². The lowest BCUT2D eigenvalue weighted by Crippen LogP contribution is -2.34. The van der Waals surface area contributed by atoms with Crippen molar-refractivity contribution in [2.45, 2.75) is 36.8 Å². The number of nitrogens with one attached hydrogen (secondary N) is 1. The number of aryl methyl sites for hydroxylation is 1. The SMILES string of the molecule is CS(=O)(=O)c1nc(I)c2n1CCNC2CCc1ccc(C(F)(F)F)cc1. The number of halogens is 4. The molecule has 1 aromatic heterocycles. The van der Waals surface area contributed by atoms with Crippen LogP contribution in [0.15, 0.2) is 29.4 Å². The van der Waals surface area contributed by atoms with Crippen LogP contribution in [0.2, 0.25) is 0 Å². The average molecular weight is 499 g/mol. The molecule has 0 saturated heterocycles. The molecule has 0 fully saturated rings. The predicted octanol–water partition coefficient (Wildman–Crippen LogP) is 3.19. The summed E-state index contributed by atoms with van der Waals surface area (Å²) in [4.78, 5) is 4.20. The fourth-order valence-electron chi connectivity index (χ4n) is 3.10. The molecule has 1 atom stereocenters. The van der Waals surface area contributed by atoms with Crippen LogP contribution in [-0.2, 0) is 29.0 Å². The van der Waals surface area contributed by atoms with E-state index in [-0.39, 0.29) is 11.2 Å². The van der Waals surface area contributed by atoms with Crippen LogP contribution in [0.3, 0.4) is 0 Å². The van der Waals surface area contributed by atoms with E-state index in [1.54, 1.807) is 4.57 Å². The first-order chi connectivity index (χ1) is 12.1. The van der Waals surface area contributed by atoms with Gasteiger partial charge in [-0.15, -0.1) is 0 Å². The molecule has 0 amide bonds. The van der Waals surface area contributed by atoms with E-state index in [0.29, 0.717) is 29.6 Å². The van der Waals surface area contributed by atoms with E-state index >= 15 is 0 Å². The number of nitrogens with zero attached hydrogens (tertiary/aromatic N) is 2. The van der Waals surface area contributed by atoms with Gasteiger partial charge in [0, 0.05) is 19.3 Å². The predicted molar refractivity (Wildman–Crippen MR) is 98.6 cm³/mol. The Morgan fingerprint density at radius 1 is 1.31 bits per heavy atom. The van der Waals surface area contributed by atoms with Gasteiger partial charge in [0.25, 0.3) is 0 Å². The summed E-state index contributed by atoms with van der Waals surface area (Å²) >= 11 is 2.03. The first-order valence-corrected chi connectivity index (χ1v) is 10.9. The number of rotatable bonds is 4. The number of hydrogen-bond acceptors (Lipinski definition) is 4. The van der Waals surface area contributed by atoms with Crippen LogP contribution in [0.5, 0.6) is 0 Å². The Balaban J connectivity index is 1.78. The van der Waals surface area contributed by atoms with E-state index < -0.39 is 21.6 Å². The lowest BCUT2D eigenvalue weighted by Gasteiger charge is -2.27. The van der Waals surface area contributed by atoms with E-state index in [4.69, 9.17) is 0 Å². The molecule has 0 bridgehead atoms. The summed E-state index contributed by atoms with van der Waals surface area (Å²) in [7, 11) is -3.42. The molecule has 1 unspecified atom stereocenters. The number of benzene rings is 1. The number of fused-ring (bicyclic) bond motifs is 1. The van der Waals surface area contributed by atoms with Gasteiger partial charge in [-0.2, -0.15) is 13.2 Å². The number of hydrogen-bond donors (Lipinski definition) is 1. The van der Waals surface area contributed by atoms with Crippen molar-refractivity contribution < 1.29 is 21.6 Å². The third-order valence-corrected chi connectivity index (χ3v) is 6.09. The molecule has 1 aliphatic heterocycles. The zero-order valence-electron chi connectivity index (χ0n) is 13.8. The smallest absolute Gasteiger partial charge is 0.315 e. The van der Waals surface area contributed by atoms with Gasteiger partial charge in [-0.1, -0.05) is 12.1 Å². The van der Waals surface area contributed by atoms with Crippen molar-refractivity contribution in [2.75, 3.05) is 12.8 Å². The van der Waals surface area contributed by atoms with E-state index in [1.165, 1.54) is 12.1 Å². The molecule has 0 saturated carbocycles. The highest BCUT2D eigenvalue weighted by Gasteiger charge is 2.31. The molecular weight excluding hydrogens is 482 g/mol. The Hall–Kier alpha value is -1.14. The zero-order chi connectivity index (χ0) is 19.1. The van der Waals surface area contributed by atoms with Gasteiger partial charge in [0.05, 0.1) is 17.3 Å². The fraction of sp³-hybridized carbons (Fsp3) is 0.438. The summed E-state index contributed by atoms with van der Waals surface area (Å²) in [6, 6.07) is 5.03. The highest BCUT2D eigenvalue weighted by molar-refractivity contribution is 14.1. The summed E-state index contributed by atoms with van der Waals surface area (Å²) < 4.78 is 64.1. The van der Waals surface area contributed by atoms with Crippen LogP contribution in [0.4, 0.5) is 13.2 Å². The molecular formula is C16H17F3IN3O2S. The molecule has 26 heavy (non-hydrogen) atoms. The minimum atomic E-state index is -4.34. The van der Waals surface area contributed by atoms with Gasteiger partial charge >= 0.3 is 6.18 Å². The Labute approximate surface area is 163 Å². The third kappa shape index (κ3) is 4.06. The van der Waals surface area contributed by atoms with Gasteiger partial charge < -0.3 is 9.88 Å². The highest BCUT2D eigenvalue weighted by Crippen LogP contribution is 2.31. The highest BCUT2D eigenvalue weighted by atomic mass is 127. The van der Waals surface area contributed by atoms with Crippen LogP contribution in [0.25, 0.3) is 0 Å². The normalized spacial score (nSPS) is 18.0. The first-order valence-electron chi connectivity index (χ1n) is 7.93. The second-order valence-corrected chi connectivity index (χ2v) is 9.17. The van der Waals surface area contributed by atoms with E-state index in [1.807, 2.05) is 22.6 Å². The minimum absolute atomic E-state index is 0.0675. The van der Waals surface area contributed by atoms with Crippen molar-refractivity contribution in [3.8, 4) is 0 Å². The molecule has 2 heterocycles. The lowest BCUT2D eigenvalue weighted by molar-refractivity contribution is -0.137. The third-order valence-electron chi connectivity index (χ3n) is 4.32. The number of aromatic nitrogens is 2. The van der Waals surface area contributed by atoms with Crippen LogP contribution < -0.4 is 5.32 Å². The molecule has 0 aliphatic carbocycles. The Kier molecular flexibility index (Phi) is 5.37. The summed E-state index contributed by atoms with van der Waals surface area (Å²) in [5, 5.41) is 3.41. The second kappa shape index (κ2) is 7.12. The van der Waals surface area contributed by atoms with Crippen molar-refractivity contribution in [3.05, 3.63) is 44.8 Å². The molecule has 1 aromatic carbocycles. The average Bonchev–Trinajstić information content (AvgIpc) is 2.90. The second-order valence-electron chi connectivity index (χ2n) is 6.23. The molecule has 142 valence electrons. The molecule has 2 aromatic rings. The summed E-state index contributed by atoms with van der Waals surface area (Å²) in [5.74, 6) is 0. The topological polar surface area (TPSA) is 64.0 Å². The number of alkyl halides is 3. The summed E-state index contributed by atoms with van der Waals surface area (Å²) in [5.41, 5.74) is 0.960. The van der Waals surface area contributed by atoms with Crippen LogP contribution in [-0.4, -0.2) is 30.8 Å². The summed E-state index contributed by atoms with van der Waals surface area (Å²) in [6.07, 6.45) is -1.99. The van der Waals surface area contributed by atoms with Crippen molar-refractivity contribution in [2.24, 2.45) is 0 Å². The Bertz CT molecular complexity index is 908. The van der Waals surface area contributed by atoms with E-state index in [0.717, 1.165) is 29.6 Å². The molecule has 0 radical (unpaired) electrons. The molecule has 1 N–H and O–H groups in total. The molecule has 3 rings (SSSR count). The molecule has 0 spiro atoms. The Morgan fingerprint density at radius 3 is 2.54 bits per heavy atom. The lowest BCUT2D eigenvalue weighted by atomic mass is 10.0. The maximum atomic E-state index is 12.6. The summed E-state index contributed by atoms with van der Waals surface area (Å²) in [6.45, 7) is 1.13. The maximum Gasteiger partial charge on any atom is 0.416 e. The van der Waals surface area contributed by atoms with Gasteiger partial charge in [0.15, 0.2) is 0 Å². The molecule has 5 nitrogen and oxygen atoms in total. The van der Waals surface area contributed by atoms with Gasteiger partial charge in [-0.25, -0.2) is 13.4 Å². The quantitative estimate of drug-likeness (QED) is 0.657. The number of imidazole rings is 1. The number of sulfone groups is 1. The van der Waals surface area contributed by atoms with E-state index in [9.17, 15) is 21.6 Å². The van der Waals surface area contributed by atoms with Crippen LogP contribution in [0.1, 0.15) is 29.3 Å². The van der Waals surface area contributed by atoms with Crippen molar-refractivity contribution in [1.82, 2.24) is 14.9 Å². The van der Waals surface area contributed by atoms with E-state index in [2.05, 4.69) is 10.3 Å². The van der Waals surface area contributed by atoms with Crippen molar-refractivity contribution in [3.63, 3.8) is 0 Å². The van der Waals surface area contributed by atoms with Gasteiger partial charge in [-0.05, 0) is 53.1 Å². The van der Waals surface area contributed by atoms with Gasteiger partial charge in [-0.3, -0.25) is 0 Å². The van der Waals surface area contributed by atoms with Crippen LogP contribution in [0, 0.1) is 3.70 Å². The minimum Gasteiger partial charge on any atom is -0.315 e. The van der Waals surface area contributed by atoms with Crippen LogP contribution >= 0.6 is 22.6 Å². The zero-order valence-corrected chi connectivity index (χ0v) is 16.8. The van der Waals surface area contributed by atoms with Gasteiger partial charge in [0.1, 0.15) is 3.70 Å². The largest absolute Gasteiger partial charge is 0.416 e. The fourth-order valence-corrected chi connectivity index (χ4v) is 5.01. The molecule has 1 aliphatic rings. The molecule has 10 heteroatoms. The monoisotopic (exact) mass is 499 g/mol. The first kappa shape index (κ1) is 19.6. The van der Waals surface area contributed by atoms with Crippen molar-refractivity contribution in [1.29, 1.82) is 0 Å². The maximum absolute atomic E-state index is 12.6. The Morgan fingerprint density at radius 2 is 1.96 bits per heavy atom.